The highest BCUT2D eigenvalue weighted by Gasteiger charge is 2.50. The highest BCUT2D eigenvalue weighted by Crippen LogP contribution is 2.35. The first-order valence-electron chi connectivity index (χ1n) is 7.59. The van der Waals surface area contributed by atoms with E-state index in [-0.39, 0.29) is 6.61 Å². The average molecular weight is 319 g/mol. The summed E-state index contributed by atoms with van der Waals surface area (Å²) in [5, 5.41) is 0. The maximum absolute atomic E-state index is 13.0. The lowest BCUT2D eigenvalue weighted by Gasteiger charge is -2.30. The molecule has 0 radical (unpaired) electrons. The maximum Gasteiger partial charge on any atom is 0.417 e. The molecular weight excluding hydrogens is 298 g/mol. The van der Waals surface area contributed by atoms with Gasteiger partial charge in [-0.05, 0) is 18.9 Å². The Morgan fingerprint density at radius 2 is 2.00 bits per heavy atom. The van der Waals surface area contributed by atoms with E-state index in [0.717, 1.165) is 10.5 Å². The van der Waals surface area contributed by atoms with Crippen molar-refractivity contribution in [3.05, 3.63) is 35.9 Å². The third-order valence-corrected chi connectivity index (χ3v) is 4.13. The molecule has 0 N–H and O–H groups in total. The number of nitrogens with zero attached hydrogens (tertiary/aromatic N) is 1. The molecule has 1 aromatic rings. The van der Waals surface area contributed by atoms with Crippen LogP contribution in [0.2, 0.25) is 0 Å². The molecule has 0 aromatic heterocycles. The minimum atomic E-state index is -1.40. The van der Waals surface area contributed by atoms with Gasteiger partial charge in [-0.2, -0.15) is 0 Å². The molecule has 0 unspecified atom stereocenters. The summed E-state index contributed by atoms with van der Waals surface area (Å²) >= 11 is 0. The Kier molecular flexibility index (Phi) is 5.03. The van der Waals surface area contributed by atoms with Gasteiger partial charge in [-0.1, -0.05) is 43.7 Å². The normalized spacial score (nSPS) is 19.9. The fourth-order valence-electron chi connectivity index (χ4n) is 2.85. The topological polar surface area (TPSA) is 72.9 Å². The molecule has 124 valence electrons. The van der Waals surface area contributed by atoms with Crippen LogP contribution in [0, 0.1) is 5.41 Å². The summed E-state index contributed by atoms with van der Waals surface area (Å²) in [6.45, 7) is 3.46. The van der Waals surface area contributed by atoms with Crippen LogP contribution in [0.15, 0.2) is 30.3 Å². The van der Waals surface area contributed by atoms with E-state index in [4.69, 9.17) is 9.47 Å². The Hall–Kier alpha value is -2.37. The third-order valence-electron chi connectivity index (χ3n) is 4.13. The number of amides is 2. The molecule has 1 aromatic carbocycles. The summed E-state index contributed by atoms with van der Waals surface area (Å²) in [7, 11) is 1.24. The van der Waals surface area contributed by atoms with Gasteiger partial charge in [0.1, 0.15) is 18.1 Å². The van der Waals surface area contributed by atoms with E-state index in [9.17, 15) is 14.4 Å². The van der Waals surface area contributed by atoms with Crippen LogP contribution in [-0.2, 0) is 19.1 Å². The molecule has 2 rings (SSSR count). The molecule has 1 heterocycles. The van der Waals surface area contributed by atoms with Crippen LogP contribution < -0.4 is 0 Å². The van der Waals surface area contributed by atoms with E-state index >= 15 is 0 Å². The van der Waals surface area contributed by atoms with Gasteiger partial charge in [0.25, 0.3) is 0 Å². The Morgan fingerprint density at radius 3 is 2.57 bits per heavy atom. The second kappa shape index (κ2) is 6.81. The van der Waals surface area contributed by atoms with Crippen LogP contribution in [-0.4, -0.2) is 36.6 Å². The number of esters is 1. The van der Waals surface area contributed by atoms with E-state index in [2.05, 4.69) is 0 Å². The minimum Gasteiger partial charge on any atom is -0.468 e. The summed E-state index contributed by atoms with van der Waals surface area (Å²) in [6, 6.07) is 8.61. The first-order valence-corrected chi connectivity index (χ1v) is 7.59. The number of rotatable bonds is 5. The Morgan fingerprint density at radius 1 is 1.35 bits per heavy atom. The van der Waals surface area contributed by atoms with Gasteiger partial charge in [-0.15, -0.1) is 0 Å². The van der Waals surface area contributed by atoms with Crippen LogP contribution in [0.25, 0.3) is 0 Å². The number of ether oxygens (including phenoxy) is 2. The van der Waals surface area contributed by atoms with Gasteiger partial charge in [-0.25, -0.2) is 9.69 Å². The Bertz CT molecular complexity index is 600. The van der Waals surface area contributed by atoms with Crippen molar-refractivity contribution >= 4 is 18.0 Å². The van der Waals surface area contributed by atoms with Crippen LogP contribution >= 0.6 is 0 Å². The monoisotopic (exact) mass is 319 g/mol. The molecule has 1 saturated heterocycles. The van der Waals surface area contributed by atoms with Crippen molar-refractivity contribution in [2.45, 2.75) is 32.7 Å². The third kappa shape index (κ3) is 3.06. The zero-order valence-electron chi connectivity index (χ0n) is 13.6. The number of hydrogen-bond acceptors (Lipinski definition) is 5. The molecule has 6 nitrogen and oxygen atoms in total. The molecule has 6 heteroatoms. The number of imide groups is 1. The zero-order chi connectivity index (χ0) is 17.0. The van der Waals surface area contributed by atoms with Gasteiger partial charge in [-0.3, -0.25) is 9.59 Å². The lowest BCUT2D eigenvalue weighted by atomic mass is 9.83. The fourth-order valence-corrected chi connectivity index (χ4v) is 2.85. The molecule has 23 heavy (non-hydrogen) atoms. The largest absolute Gasteiger partial charge is 0.468 e. The molecule has 0 bridgehead atoms. The van der Waals surface area contributed by atoms with E-state index in [0.29, 0.717) is 12.8 Å². The van der Waals surface area contributed by atoms with E-state index in [1.807, 2.05) is 37.3 Å². The smallest absolute Gasteiger partial charge is 0.417 e. The van der Waals surface area contributed by atoms with Gasteiger partial charge >= 0.3 is 12.1 Å². The second-order valence-electron chi connectivity index (χ2n) is 5.75. The lowest BCUT2D eigenvalue weighted by Crippen LogP contribution is -2.48. The summed E-state index contributed by atoms with van der Waals surface area (Å²) in [4.78, 5) is 38.3. The summed E-state index contributed by atoms with van der Waals surface area (Å²) in [6.07, 6.45) is 0.176. The SMILES string of the molecule is CCC[C@](C)(C(=O)OC)C(=O)N1C(=O)OC[C@H]1c1ccccc1. The summed E-state index contributed by atoms with van der Waals surface area (Å²) < 4.78 is 9.84. The van der Waals surface area contributed by atoms with Crippen LogP contribution in [0.5, 0.6) is 0 Å². The number of cyclic esters (lactones) is 1. The van der Waals surface area contributed by atoms with Gasteiger partial charge in [0.05, 0.1) is 7.11 Å². The Balaban J connectivity index is 2.37. The number of carbonyl (C=O) groups excluding carboxylic acids is 3. The van der Waals surface area contributed by atoms with Gasteiger partial charge in [0, 0.05) is 0 Å². The summed E-state index contributed by atoms with van der Waals surface area (Å²) in [5.74, 6) is -1.22. The summed E-state index contributed by atoms with van der Waals surface area (Å²) in [5.41, 5.74) is -0.615. The number of benzene rings is 1. The maximum atomic E-state index is 13.0. The number of hydrogen-bond donors (Lipinski definition) is 0. The van der Waals surface area contributed by atoms with Crippen molar-refractivity contribution in [1.29, 1.82) is 0 Å². The van der Waals surface area contributed by atoms with E-state index in [1.165, 1.54) is 14.0 Å². The fraction of sp³-hybridized carbons (Fsp3) is 0.471. The van der Waals surface area contributed by atoms with Crippen molar-refractivity contribution in [2.24, 2.45) is 5.41 Å². The van der Waals surface area contributed by atoms with E-state index < -0.39 is 29.4 Å². The molecule has 0 spiro atoms. The van der Waals surface area contributed by atoms with Crippen LogP contribution in [0.1, 0.15) is 38.3 Å². The quantitative estimate of drug-likeness (QED) is 0.616. The molecule has 1 aliphatic rings. The predicted molar refractivity (Wildman–Crippen MR) is 82.4 cm³/mol. The van der Waals surface area contributed by atoms with E-state index in [1.54, 1.807) is 0 Å². The van der Waals surface area contributed by atoms with Crippen molar-refractivity contribution in [2.75, 3.05) is 13.7 Å². The molecule has 2 amide bonds. The molecule has 0 aliphatic carbocycles. The average Bonchev–Trinajstić information content (AvgIpc) is 2.95. The number of methoxy groups -OCH3 is 1. The lowest BCUT2D eigenvalue weighted by molar-refractivity contribution is -0.161. The van der Waals surface area contributed by atoms with Crippen LogP contribution in [0.4, 0.5) is 4.79 Å². The first-order chi connectivity index (χ1) is 11.0. The van der Waals surface area contributed by atoms with Crippen molar-refractivity contribution in [1.82, 2.24) is 4.90 Å². The van der Waals surface area contributed by atoms with Crippen molar-refractivity contribution in [3.63, 3.8) is 0 Å². The highest BCUT2D eigenvalue weighted by molar-refractivity contribution is 6.07. The number of carbonyl (C=O) groups is 3. The van der Waals surface area contributed by atoms with Gasteiger partial charge in [0.15, 0.2) is 0 Å². The molecule has 1 fully saturated rings. The predicted octanol–water partition coefficient (Wildman–Crippen LogP) is 2.69. The molecule has 1 aliphatic heterocycles. The van der Waals surface area contributed by atoms with Gasteiger partial charge < -0.3 is 9.47 Å². The molecule has 2 atom stereocenters. The Labute approximate surface area is 135 Å². The van der Waals surface area contributed by atoms with Crippen molar-refractivity contribution < 1.29 is 23.9 Å². The highest BCUT2D eigenvalue weighted by atomic mass is 16.6. The second-order valence-corrected chi connectivity index (χ2v) is 5.75. The van der Waals surface area contributed by atoms with Crippen molar-refractivity contribution in [3.8, 4) is 0 Å². The van der Waals surface area contributed by atoms with Gasteiger partial charge in [0.2, 0.25) is 5.91 Å². The van der Waals surface area contributed by atoms with Crippen LogP contribution in [0.3, 0.4) is 0 Å². The standard InChI is InChI=1S/C17H21NO5/c1-4-10-17(2,15(20)22-3)14(19)18-13(11-23-16(18)21)12-8-6-5-7-9-12/h5-9,13H,4,10-11H2,1-3H3/t13-,17-/m0/s1. The first kappa shape index (κ1) is 17.0. The molecule has 0 saturated carbocycles. The minimum absolute atomic E-state index is 0.0813. The zero-order valence-corrected chi connectivity index (χ0v) is 13.6. The molecular formula is C17H21NO5.